The number of para-hydroxylation sites is 1. The van der Waals surface area contributed by atoms with E-state index in [4.69, 9.17) is 4.84 Å². The van der Waals surface area contributed by atoms with E-state index in [2.05, 4.69) is 69.5 Å². The normalized spacial score (nSPS) is 13.8. The highest BCUT2D eigenvalue weighted by atomic mass is 16.7. The predicted molar refractivity (Wildman–Crippen MR) is 118 cm³/mol. The third-order valence-corrected chi connectivity index (χ3v) is 5.33. The van der Waals surface area contributed by atoms with Crippen molar-refractivity contribution in [3.8, 4) is 0 Å². The zero-order valence-electron chi connectivity index (χ0n) is 16.8. The van der Waals surface area contributed by atoms with Gasteiger partial charge in [-0.1, -0.05) is 78.9 Å². The van der Waals surface area contributed by atoms with Crippen LogP contribution in [0.15, 0.2) is 97.3 Å². The molecule has 2 heterocycles. The fourth-order valence-electron chi connectivity index (χ4n) is 3.86. The minimum Gasteiger partial charge on any atom is -0.392 e. The van der Waals surface area contributed by atoms with Gasteiger partial charge in [-0.3, -0.25) is 4.90 Å². The van der Waals surface area contributed by atoms with Crippen molar-refractivity contribution >= 4 is 11.4 Å². The van der Waals surface area contributed by atoms with Crippen molar-refractivity contribution in [1.82, 2.24) is 14.8 Å². The highest BCUT2D eigenvalue weighted by Gasteiger charge is 2.24. The first-order valence-electron chi connectivity index (χ1n) is 10.2. The molecule has 0 bridgehead atoms. The van der Waals surface area contributed by atoms with Gasteiger partial charge in [-0.15, -0.1) is 9.94 Å². The zero-order valence-corrected chi connectivity index (χ0v) is 16.8. The van der Waals surface area contributed by atoms with Crippen molar-refractivity contribution in [3.05, 3.63) is 114 Å². The van der Waals surface area contributed by atoms with E-state index in [-0.39, 0.29) is 0 Å². The van der Waals surface area contributed by atoms with Crippen molar-refractivity contribution in [2.45, 2.75) is 19.7 Å². The Morgan fingerprint density at radius 2 is 1.50 bits per heavy atom. The maximum absolute atomic E-state index is 5.84. The van der Waals surface area contributed by atoms with Crippen LogP contribution in [0.1, 0.15) is 16.7 Å². The van der Waals surface area contributed by atoms with Gasteiger partial charge in [0.1, 0.15) is 6.61 Å². The average Bonchev–Trinajstić information content (AvgIpc) is 3.27. The summed E-state index contributed by atoms with van der Waals surface area (Å²) in [4.78, 5) is 12.1. The number of aromatic nitrogens is 2. The first-order chi connectivity index (χ1) is 14.8. The van der Waals surface area contributed by atoms with Crippen LogP contribution in [-0.4, -0.2) is 21.5 Å². The van der Waals surface area contributed by atoms with Crippen molar-refractivity contribution in [1.29, 1.82) is 0 Å². The first kappa shape index (κ1) is 18.5. The molecule has 0 amide bonds. The number of fused-ring (bicyclic) bond motifs is 1. The summed E-state index contributed by atoms with van der Waals surface area (Å²) in [6, 6.07) is 29.3. The molecule has 5 nitrogen and oxygen atoms in total. The molecule has 0 radical (unpaired) electrons. The lowest BCUT2D eigenvalue weighted by molar-refractivity contribution is 0.0701. The smallest absolute Gasteiger partial charge is 0.142 e. The topological polar surface area (TPSA) is 33.5 Å². The van der Waals surface area contributed by atoms with Crippen LogP contribution in [0, 0.1) is 0 Å². The molecule has 0 fully saturated rings. The van der Waals surface area contributed by atoms with Crippen molar-refractivity contribution < 1.29 is 4.84 Å². The van der Waals surface area contributed by atoms with Crippen LogP contribution in [0.2, 0.25) is 0 Å². The quantitative estimate of drug-likeness (QED) is 0.476. The number of anilines is 2. The Morgan fingerprint density at radius 3 is 2.30 bits per heavy atom. The minimum atomic E-state index is 0.485. The first-order valence-corrected chi connectivity index (χ1v) is 10.2. The Bertz CT molecular complexity index is 1090. The molecule has 30 heavy (non-hydrogen) atoms. The summed E-state index contributed by atoms with van der Waals surface area (Å²) >= 11 is 0. The van der Waals surface area contributed by atoms with E-state index >= 15 is 0 Å². The molecular formula is C25H24N4O. The lowest BCUT2D eigenvalue weighted by Crippen LogP contribution is -2.39. The van der Waals surface area contributed by atoms with E-state index in [0.29, 0.717) is 6.61 Å². The molecule has 1 aliphatic heterocycles. The second-order valence-electron chi connectivity index (χ2n) is 7.53. The van der Waals surface area contributed by atoms with Gasteiger partial charge in [0.15, 0.2) is 0 Å². The molecule has 0 spiro atoms. The summed E-state index contributed by atoms with van der Waals surface area (Å²) in [6.45, 7) is 3.12. The molecule has 0 saturated carbocycles. The highest BCUT2D eigenvalue weighted by molar-refractivity contribution is 5.66. The molecule has 0 atom stereocenters. The SMILES string of the molecule is c1ccc(COn2cc(N3CN(Cc4ccccc4)Cc4ccccc43)cn2)cc1. The number of rotatable bonds is 6. The summed E-state index contributed by atoms with van der Waals surface area (Å²) in [7, 11) is 0. The summed E-state index contributed by atoms with van der Waals surface area (Å²) in [6.07, 6.45) is 3.82. The van der Waals surface area contributed by atoms with E-state index in [9.17, 15) is 0 Å². The Hall–Kier alpha value is -3.57. The molecule has 3 aromatic carbocycles. The van der Waals surface area contributed by atoms with Gasteiger partial charge in [-0.05, 0) is 22.8 Å². The van der Waals surface area contributed by atoms with Crippen LogP contribution in [0.3, 0.4) is 0 Å². The molecule has 4 aromatic rings. The van der Waals surface area contributed by atoms with Crippen LogP contribution in [0.5, 0.6) is 0 Å². The van der Waals surface area contributed by atoms with Crippen molar-refractivity contribution in [3.63, 3.8) is 0 Å². The van der Waals surface area contributed by atoms with E-state index in [0.717, 1.165) is 31.0 Å². The van der Waals surface area contributed by atoms with Crippen molar-refractivity contribution in [2.75, 3.05) is 11.6 Å². The number of nitrogens with zero attached hydrogens (tertiary/aromatic N) is 4. The predicted octanol–water partition coefficient (Wildman–Crippen LogP) is 4.62. The van der Waals surface area contributed by atoms with E-state index < -0.39 is 0 Å². The fraction of sp³-hybridized carbons (Fsp3) is 0.160. The largest absolute Gasteiger partial charge is 0.392 e. The van der Waals surface area contributed by atoms with Gasteiger partial charge in [0.25, 0.3) is 0 Å². The lowest BCUT2D eigenvalue weighted by Gasteiger charge is -2.37. The highest BCUT2D eigenvalue weighted by Crippen LogP contribution is 2.33. The molecule has 1 aromatic heterocycles. The maximum Gasteiger partial charge on any atom is 0.142 e. The molecule has 150 valence electrons. The molecule has 0 N–H and O–H groups in total. The number of hydrogen-bond donors (Lipinski definition) is 0. The van der Waals surface area contributed by atoms with Gasteiger partial charge in [0.2, 0.25) is 0 Å². The molecule has 1 aliphatic rings. The van der Waals surface area contributed by atoms with Crippen LogP contribution in [0.25, 0.3) is 0 Å². The molecule has 5 rings (SSSR count). The number of hydrogen-bond acceptors (Lipinski definition) is 4. The third kappa shape index (κ3) is 4.07. The Kier molecular flexibility index (Phi) is 5.19. The average molecular weight is 396 g/mol. The summed E-state index contributed by atoms with van der Waals surface area (Å²) in [5.41, 5.74) is 6.00. The van der Waals surface area contributed by atoms with Crippen LogP contribution in [-0.2, 0) is 19.7 Å². The van der Waals surface area contributed by atoms with Crippen LogP contribution in [0.4, 0.5) is 11.4 Å². The monoisotopic (exact) mass is 396 g/mol. The third-order valence-electron chi connectivity index (χ3n) is 5.33. The van der Waals surface area contributed by atoms with Gasteiger partial charge in [0, 0.05) is 18.8 Å². The molecule has 0 aliphatic carbocycles. The van der Waals surface area contributed by atoms with Crippen LogP contribution < -0.4 is 9.74 Å². The van der Waals surface area contributed by atoms with E-state index in [1.807, 2.05) is 42.7 Å². The lowest BCUT2D eigenvalue weighted by atomic mass is 10.1. The number of benzene rings is 3. The van der Waals surface area contributed by atoms with Gasteiger partial charge < -0.3 is 9.74 Å². The second-order valence-corrected chi connectivity index (χ2v) is 7.53. The zero-order chi connectivity index (χ0) is 20.2. The molecular weight excluding hydrogens is 372 g/mol. The van der Waals surface area contributed by atoms with Crippen molar-refractivity contribution in [2.24, 2.45) is 0 Å². The second kappa shape index (κ2) is 8.43. The Morgan fingerprint density at radius 1 is 0.800 bits per heavy atom. The fourth-order valence-corrected chi connectivity index (χ4v) is 3.86. The van der Waals surface area contributed by atoms with Gasteiger partial charge in [-0.25, -0.2) is 0 Å². The summed E-state index contributed by atoms with van der Waals surface area (Å²) in [5, 5.41) is 4.42. The van der Waals surface area contributed by atoms with Gasteiger partial charge in [-0.2, -0.15) is 0 Å². The summed E-state index contributed by atoms with van der Waals surface area (Å²) in [5.74, 6) is 0. The van der Waals surface area contributed by atoms with E-state index in [1.54, 1.807) is 4.85 Å². The standard InChI is InChI=1S/C25H24N4O/c1-3-9-21(10-4-1)16-27-17-23-13-7-8-14-25(23)28(20-27)24-15-26-29(18-24)30-19-22-11-5-2-6-12-22/h1-15,18H,16-17,19-20H2. The Balaban J connectivity index is 1.35. The van der Waals surface area contributed by atoms with Gasteiger partial charge in [0.05, 0.1) is 24.7 Å². The summed E-state index contributed by atoms with van der Waals surface area (Å²) < 4.78 is 0. The van der Waals surface area contributed by atoms with Gasteiger partial charge >= 0.3 is 0 Å². The molecule has 5 heteroatoms. The molecule has 0 saturated heterocycles. The van der Waals surface area contributed by atoms with Crippen LogP contribution >= 0.6 is 0 Å². The minimum absolute atomic E-state index is 0.485. The van der Waals surface area contributed by atoms with E-state index in [1.165, 1.54) is 16.8 Å². The maximum atomic E-state index is 5.84. The molecule has 0 unspecified atom stereocenters. The Labute approximate surface area is 176 Å².